The van der Waals surface area contributed by atoms with Crippen LogP contribution in [0.3, 0.4) is 0 Å². The molecule has 0 atom stereocenters. The van der Waals surface area contributed by atoms with Crippen LogP contribution in [0.15, 0.2) is 12.2 Å². The lowest BCUT2D eigenvalue weighted by Gasteiger charge is -2.21. The molecule has 0 radical (unpaired) electrons. The number of hydrogen-bond acceptors (Lipinski definition) is 0. The molecule has 0 aromatic carbocycles. The molecule has 0 unspecified atom stereocenters. The summed E-state index contributed by atoms with van der Waals surface area (Å²) < 4.78 is 1.02. The minimum atomic E-state index is 1.02. The molecule has 0 fully saturated rings. The average molecular weight is 114 g/mol. The molecule has 0 aromatic heterocycles. The van der Waals surface area contributed by atoms with E-state index in [-0.39, 0.29) is 0 Å². The van der Waals surface area contributed by atoms with Crippen LogP contribution in [-0.2, 0) is 0 Å². The largest absolute Gasteiger partial charge is 0.328 e. The normalized spacial score (nSPS) is 13.0. The molecular formula is C7H16N+. The maximum atomic E-state index is 2.18. The molecule has 0 saturated carbocycles. The van der Waals surface area contributed by atoms with Crippen molar-refractivity contribution in [1.29, 1.82) is 0 Å². The number of quaternary nitrogens is 1. The first-order valence-corrected chi connectivity index (χ1v) is 2.98. The summed E-state index contributed by atoms with van der Waals surface area (Å²) in [6.45, 7) is 3.17. The topological polar surface area (TPSA) is 0 Å². The van der Waals surface area contributed by atoms with Crippen LogP contribution in [0.4, 0.5) is 0 Å². The number of allylic oxidation sites excluding steroid dienone is 1. The van der Waals surface area contributed by atoms with Gasteiger partial charge >= 0.3 is 0 Å². The van der Waals surface area contributed by atoms with Gasteiger partial charge in [0.25, 0.3) is 0 Å². The van der Waals surface area contributed by atoms with Gasteiger partial charge in [0.15, 0.2) is 0 Å². The maximum Gasteiger partial charge on any atom is 0.0967 e. The predicted octanol–water partition coefficient (Wildman–Crippen LogP) is 1.27. The SMILES string of the molecule is C/C=C\C[N+](C)(C)C. The van der Waals surface area contributed by atoms with Gasteiger partial charge in [0, 0.05) is 0 Å². The lowest BCUT2D eigenvalue weighted by Crippen LogP contribution is -2.34. The molecule has 8 heavy (non-hydrogen) atoms. The van der Waals surface area contributed by atoms with E-state index in [9.17, 15) is 0 Å². The molecule has 1 heteroatoms. The third-order valence-corrected chi connectivity index (χ3v) is 0.889. The Balaban J connectivity index is 3.39. The van der Waals surface area contributed by atoms with Gasteiger partial charge in [-0.05, 0) is 13.0 Å². The third-order valence-electron chi connectivity index (χ3n) is 0.889. The second-order valence-corrected chi connectivity index (χ2v) is 3.04. The Labute approximate surface area is 52.2 Å². The van der Waals surface area contributed by atoms with Gasteiger partial charge in [0.05, 0.1) is 27.7 Å². The van der Waals surface area contributed by atoms with Gasteiger partial charge in [-0.1, -0.05) is 6.08 Å². The highest BCUT2D eigenvalue weighted by atomic mass is 15.3. The van der Waals surface area contributed by atoms with Crippen LogP contribution >= 0.6 is 0 Å². The molecule has 0 aromatic rings. The minimum absolute atomic E-state index is 1.02. The monoisotopic (exact) mass is 114 g/mol. The fraction of sp³-hybridized carbons (Fsp3) is 0.714. The molecule has 0 rings (SSSR count). The Hall–Kier alpha value is -0.300. The van der Waals surface area contributed by atoms with Crippen molar-refractivity contribution in [3.05, 3.63) is 12.2 Å². The van der Waals surface area contributed by atoms with Crippen molar-refractivity contribution >= 4 is 0 Å². The summed E-state index contributed by atoms with van der Waals surface area (Å²) in [7, 11) is 6.54. The summed E-state index contributed by atoms with van der Waals surface area (Å²) in [5.41, 5.74) is 0. The maximum absolute atomic E-state index is 2.18. The van der Waals surface area contributed by atoms with E-state index in [0.29, 0.717) is 0 Å². The Morgan fingerprint density at radius 2 is 1.75 bits per heavy atom. The van der Waals surface area contributed by atoms with Crippen molar-refractivity contribution in [2.45, 2.75) is 6.92 Å². The van der Waals surface area contributed by atoms with Crippen molar-refractivity contribution in [3.8, 4) is 0 Å². The van der Waals surface area contributed by atoms with Gasteiger partial charge in [-0.15, -0.1) is 0 Å². The van der Waals surface area contributed by atoms with E-state index < -0.39 is 0 Å². The summed E-state index contributed by atoms with van der Waals surface area (Å²) in [5.74, 6) is 0. The van der Waals surface area contributed by atoms with Crippen LogP contribution in [-0.4, -0.2) is 32.2 Å². The number of hydrogen-bond donors (Lipinski definition) is 0. The van der Waals surface area contributed by atoms with Gasteiger partial charge in [0.2, 0.25) is 0 Å². The van der Waals surface area contributed by atoms with Crippen molar-refractivity contribution < 1.29 is 4.48 Å². The Kier molecular flexibility index (Phi) is 2.77. The van der Waals surface area contributed by atoms with E-state index in [4.69, 9.17) is 0 Å². The lowest BCUT2D eigenvalue weighted by atomic mass is 10.4. The highest BCUT2D eigenvalue weighted by Gasteiger charge is 2.00. The molecule has 1 nitrogen and oxygen atoms in total. The van der Waals surface area contributed by atoms with E-state index in [1.54, 1.807) is 0 Å². The van der Waals surface area contributed by atoms with E-state index in [1.165, 1.54) is 0 Å². The molecule has 0 spiro atoms. The van der Waals surface area contributed by atoms with Gasteiger partial charge in [-0.25, -0.2) is 0 Å². The van der Waals surface area contributed by atoms with Crippen molar-refractivity contribution in [2.24, 2.45) is 0 Å². The fourth-order valence-corrected chi connectivity index (χ4v) is 0.422. The first-order chi connectivity index (χ1) is 3.56. The van der Waals surface area contributed by atoms with Gasteiger partial charge in [-0.2, -0.15) is 0 Å². The molecule has 0 aliphatic carbocycles. The van der Waals surface area contributed by atoms with Crippen LogP contribution in [0.5, 0.6) is 0 Å². The standard InChI is InChI=1S/C7H16N/c1-5-6-7-8(2,3)4/h5-6H,7H2,1-4H3/q+1/b6-5-. The first kappa shape index (κ1) is 7.70. The van der Waals surface area contributed by atoms with E-state index >= 15 is 0 Å². The second kappa shape index (κ2) is 2.88. The Morgan fingerprint density at radius 3 is 1.88 bits per heavy atom. The van der Waals surface area contributed by atoms with Crippen molar-refractivity contribution in [1.82, 2.24) is 0 Å². The smallest absolute Gasteiger partial charge is 0.0967 e. The zero-order chi connectivity index (χ0) is 6.62. The summed E-state index contributed by atoms with van der Waals surface area (Å²) >= 11 is 0. The highest BCUT2D eigenvalue weighted by molar-refractivity contribution is 4.75. The van der Waals surface area contributed by atoms with Gasteiger partial charge in [0.1, 0.15) is 0 Å². The van der Waals surface area contributed by atoms with Crippen molar-refractivity contribution in [3.63, 3.8) is 0 Å². The molecular weight excluding hydrogens is 98.1 g/mol. The molecule has 0 amide bonds. The molecule has 48 valence electrons. The van der Waals surface area contributed by atoms with Gasteiger partial charge < -0.3 is 4.48 Å². The zero-order valence-electron chi connectivity index (χ0n) is 6.31. The Bertz CT molecular complexity index is 76.9. The number of nitrogens with zero attached hydrogens (tertiary/aromatic N) is 1. The summed E-state index contributed by atoms with van der Waals surface area (Å²) in [5, 5.41) is 0. The molecule has 0 saturated heterocycles. The summed E-state index contributed by atoms with van der Waals surface area (Å²) in [6, 6.07) is 0. The van der Waals surface area contributed by atoms with E-state index in [0.717, 1.165) is 11.0 Å². The zero-order valence-corrected chi connectivity index (χ0v) is 6.31. The second-order valence-electron chi connectivity index (χ2n) is 3.04. The van der Waals surface area contributed by atoms with E-state index in [2.05, 4.69) is 40.2 Å². The van der Waals surface area contributed by atoms with E-state index in [1.807, 2.05) is 0 Å². The van der Waals surface area contributed by atoms with Crippen LogP contribution in [0.2, 0.25) is 0 Å². The minimum Gasteiger partial charge on any atom is -0.328 e. The predicted molar refractivity (Wildman–Crippen MR) is 37.7 cm³/mol. The first-order valence-electron chi connectivity index (χ1n) is 2.98. The molecule has 0 aliphatic heterocycles. The van der Waals surface area contributed by atoms with Crippen LogP contribution in [0.25, 0.3) is 0 Å². The van der Waals surface area contributed by atoms with Crippen LogP contribution in [0.1, 0.15) is 6.92 Å². The van der Waals surface area contributed by atoms with Crippen LogP contribution in [0, 0.1) is 0 Å². The molecule has 0 heterocycles. The summed E-state index contributed by atoms with van der Waals surface area (Å²) in [6.07, 6.45) is 4.27. The van der Waals surface area contributed by atoms with Crippen LogP contribution < -0.4 is 0 Å². The molecule has 0 aliphatic rings. The molecule has 0 bridgehead atoms. The third kappa shape index (κ3) is 5.70. The molecule has 0 N–H and O–H groups in total. The van der Waals surface area contributed by atoms with Gasteiger partial charge in [-0.3, -0.25) is 0 Å². The fourth-order valence-electron chi connectivity index (χ4n) is 0.422. The number of likely N-dealkylation sites (N-methyl/N-ethyl adjacent to an activating group) is 1. The highest BCUT2D eigenvalue weighted by Crippen LogP contribution is 1.88. The summed E-state index contributed by atoms with van der Waals surface area (Å²) in [4.78, 5) is 0. The quantitative estimate of drug-likeness (QED) is 0.374. The Morgan fingerprint density at radius 1 is 1.25 bits per heavy atom. The average Bonchev–Trinajstić information content (AvgIpc) is 1.59. The van der Waals surface area contributed by atoms with Crippen molar-refractivity contribution in [2.75, 3.05) is 27.7 Å². The lowest BCUT2D eigenvalue weighted by molar-refractivity contribution is -0.864. The number of rotatable bonds is 2.